The standard InChI is InChI=1S/C25H23Cl3N2O3/c1-3-16(10-15-6-4-14(2)5-7-15)24(32)29-21-13-23(31)22(12-20(21)28)30-25(33)17-8-9-18(26)19(27)11-17/h4-9,11-13,16,31H,3,10H2,1-2H3,(H,29,32)(H,30,33). The molecule has 5 nitrogen and oxygen atoms in total. The molecule has 0 radical (unpaired) electrons. The van der Waals surface area contributed by atoms with Crippen molar-refractivity contribution in [1.29, 1.82) is 0 Å². The lowest BCUT2D eigenvalue weighted by Gasteiger charge is -2.17. The maximum absolute atomic E-state index is 12.8. The largest absolute Gasteiger partial charge is 0.506 e. The average Bonchev–Trinajstić information content (AvgIpc) is 2.78. The van der Waals surface area contributed by atoms with Crippen LogP contribution in [0.25, 0.3) is 0 Å². The zero-order valence-electron chi connectivity index (χ0n) is 18.1. The number of phenolic OH excluding ortho intramolecular Hbond substituents is 1. The second-order valence-corrected chi connectivity index (χ2v) is 8.94. The molecule has 0 saturated heterocycles. The highest BCUT2D eigenvalue weighted by molar-refractivity contribution is 6.42. The number of anilines is 2. The van der Waals surface area contributed by atoms with Crippen molar-refractivity contribution < 1.29 is 14.7 Å². The molecule has 1 unspecified atom stereocenters. The van der Waals surface area contributed by atoms with Crippen LogP contribution in [0, 0.1) is 12.8 Å². The molecular weight excluding hydrogens is 483 g/mol. The molecule has 3 rings (SSSR count). The van der Waals surface area contributed by atoms with E-state index in [0.29, 0.717) is 17.9 Å². The van der Waals surface area contributed by atoms with Crippen LogP contribution in [0.5, 0.6) is 5.75 Å². The molecule has 8 heteroatoms. The lowest BCUT2D eigenvalue weighted by Crippen LogP contribution is -2.24. The number of nitrogens with one attached hydrogen (secondary N) is 2. The fourth-order valence-electron chi connectivity index (χ4n) is 3.26. The van der Waals surface area contributed by atoms with Crippen LogP contribution < -0.4 is 10.6 Å². The van der Waals surface area contributed by atoms with Gasteiger partial charge >= 0.3 is 0 Å². The van der Waals surface area contributed by atoms with Gasteiger partial charge in [0, 0.05) is 17.5 Å². The van der Waals surface area contributed by atoms with Gasteiger partial charge in [0.25, 0.3) is 5.91 Å². The van der Waals surface area contributed by atoms with Crippen molar-refractivity contribution in [3.05, 3.63) is 86.4 Å². The molecule has 0 aliphatic rings. The van der Waals surface area contributed by atoms with Gasteiger partial charge in [0.1, 0.15) is 5.75 Å². The molecule has 2 amide bonds. The highest BCUT2D eigenvalue weighted by Crippen LogP contribution is 2.35. The summed E-state index contributed by atoms with van der Waals surface area (Å²) in [6.07, 6.45) is 1.23. The molecule has 0 aliphatic heterocycles. The van der Waals surface area contributed by atoms with Gasteiger partial charge in [-0.25, -0.2) is 0 Å². The maximum Gasteiger partial charge on any atom is 0.255 e. The van der Waals surface area contributed by atoms with E-state index in [4.69, 9.17) is 34.8 Å². The van der Waals surface area contributed by atoms with Crippen molar-refractivity contribution >= 4 is 58.0 Å². The normalized spacial score (nSPS) is 11.7. The van der Waals surface area contributed by atoms with Gasteiger partial charge < -0.3 is 15.7 Å². The molecule has 0 fully saturated rings. The summed E-state index contributed by atoms with van der Waals surface area (Å²) in [6, 6.07) is 15.2. The summed E-state index contributed by atoms with van der Waals surface area (Å²) < 4.78 is 0. The first kappa shape index (κ1) is 24.9. The monoisotopic (exact) mass is 504 g/mol. The Kier molecular flexibility index (Phi) is 8.25. The lowest BCUT2D eigenvalue weighted by atomic mass is 9.95. The second kappa shape index (κ2) is 10.9. The summed E-state index contributed by atoms with van der Waals surface area (Å²) in [5.74, 6) is -1.21. The van der Waals surface area contributed by atoms with Crippen molar-refractivity contribution in [2.45, 2.75) is 26.7 Å². The topological polar surface area (TPSA) is 78.4 Å². The number of rotatable bonds is 7. The van der Waals surface area contributed by atoms with E-state index in [1.165, 1.54) is 30.3 Å². The Morgan fingerprint density at radius 1 is 0.879 bits per heavy atom. The Morgan fingerprint density at radius 3 is 2.21 bits per heavy atom. The number of amides is 2. The van der Waals surface area contributed by atoms with E-state index in [1.807, 2.05) is 38.1 Å². The van der Waals surface area contributed by atoms with Crippen LogP contribution in [0.15, 0.2) is 54.6 Å². The molecule has 3 N–H and O–H groups in total. The molecule has 3 aromatic carbocycles. The lowest BCUT2D eigenvalue weighted by molar-refractivity contribution is -0.119. The van der Waals surface area contributed by atoms with Gasteiger partial charge in [0.15, 0.2) is 0 Å². The van der Waals surface area contributed by atoms with E-state index < -0.39 is 5.91 Å². The van der Waals surface area contributed by atoms with Gasteiger partial charge in [-0.2, -0.15) is 0 Å². The Bertz CT molecular complexity index is 1180. The zero-order valence-corrected chi connectivity index (χ0v) is 20.4. The first-order chi connectivity index (χ1) is 15.7. The minimum absolute atomic E-state index is 0.0979. The van der Waals surface area contributed by atoms with Crippen LogP contribution >= 0.6 is 34.8 Å². The smallest absolute Gasteiger partial charge is 0.255 e. The van der Waals surface area contributed by atoms with Crippen molar-refractivity contribution in [1.82, 2.24) is 0 Å². The van der Waals surface area contributed by atoms with Crippen LogP contribution in [0.3, 0.4) is 0 Å². The summed E-state index contributed by atoms with van der Waals surface area (Å²) in [7, 11) is 0. The van der Waals surface area contributed by atoms with Crippen LogP contribution in [-0.2, 0) is 11.2 Å². The van der Waals surface area contributed by atoms with E-state index in [2.05, 4.69) is 10.6 Å². The maximum atomic E-state index is 12.8. The summed E-state index contributed by atoms with van der Waals surface area (Å²) in [4.78, 5) is 25.3. The number of hydrogen-bond donors (Lipinski definition) is 3. The predicted octanol–water partition coefficient (Wildman–Crippen LogP) is 7.12. The Morgan fingerprint density at radius 2 is 1.58 bits per heavy atom. The van der Waals surface area contributed by atoms with Crippen LogP contribution in [0.4, 0.5) is 11.4 Å². The molecule has 0 bridgehead atoms. The van der Waals surface area contributed by atoms with Gasteiger partial charge in [-0.3, -0.25) is 9.59 Å². The van der Waals surface area contributed by atoms with E-state index in [1.54, 1.807) is 0 Å². The van der Waals surface area contributed by atoms with Gasteiger partial charge in [-0.15, -0.1) is 0 Å². The van der Waals surface area contributed by atoms with Crippen molar-refractivity contribution in [2.75, 3.05) is 10.6 Å². The summed E-state index contributed by atoms with van der Waals surface area (Å²) in [6.45, 7) is 3.96. The average molecular weight is 506 g/mol. The Hall–Kier alpha value is -2.73. The SMILES string of the molecule is CCC(Cc1ccc(C)cc1)C(=O)Nc1cc(O)c(NC(=O)c2ccc(Cl)c(Cl)c2)cc1Cl. The first-order valence-electron chi connectivity index (χ1n) is 10.3. The molecule has 0 aliphatic carbocycles. The molecular formula is C25H23Cl3N2O3. The molecule has 0 saturated carbocycles. The van der Waals surface area contributed by atoms with Crippen molar-refractivity contribution in [2.24, 2.45) is 5.92 Å². The molecule has 0 spiro atoms. The second-order valence-electron chi connectivity index (χ2n) is 7.72. The Balaban J connectivity index is 1.72. The Labute approximate surface area is 207 Å². The molecule has 3 aromatic rings. The van der Waals surface area contributed by atoms with Crippen LogP contribution in [0.1, 0.15) is 34.8 Å². The third-order valence-corrected chi connectivity index (χ3v) is 6.29. The first-order valence-corrected chi connectivity index (χ1v) is 11.5. The molecule has 33 heavy (non-hydrogen) atoms. The third kappa shape index (κ3) is 6.41. The minimum atomic E-state index is -0.499. The highest BCUT2D eigenvalue weighted by atomic mass is 35.5. The van der Waals surface area contributed by atoms with Gasteiger partial charge in [0.05, 0.1) is 26.4 Å². The number of aryl methyl sites for hydroxylation is 1. The third-order valence-electron chi connectivity index (χ3n) is 5.24. The number of phenols is 1. The number of aromatic hydroxyl groups is 1. The zero-order chi connectivity index (χ0) is 24.1. The van der Waals surface area contributed by atoms with E-state index in [9.17, 15) is 14.7 Å². The van der Waals surface area contributed by atoms with E-state index in [0.717, 1.165) is 11.1 Å². The van der Waals surface area contributed by atoms with Crippen molar-refractivity contribution in [3.63, 3.8) is 0 Å². The predicted molar refractivity (Wildman–Crippen MR) is 135 cm³/mol. The highest BCUT2D eigenvalue weighted by Gasteiger charge is 2.20. The minimum Gasteiger partial charge on any atom is -0.506 e. The van der Waals surface area contributed by atoms with Crippen LogP contribution in [0.2, 0.25) is 15.1 Å². The molecule has 1 atom stereocenters. The summed E-state index contributed by atoms with van der Waals surface area (Å²) in [5, 5.41) is 16.5. The quantitative estimate of drug-likeness (QED) is 0.299. The summed E-state index contributed by atoms with van der Waals surface area (Å²) >= 11 is 18.2. The molecule has 0 heterocycles. The van der Waals surface area contributed by atoms with E-state index in [-0.39, 0.29) is 44.6 Å². The van der Waals surface area contributed by atoms with Gasteiger partial charge in [-0.1, -0.05) is 71.6 Å². The van der Waals surface area contributed by atoms with Gasteiger partial charge in [-0.05, 0) is 49.6 Å². The summed E-state index contributed by atoms with van der Waals surface area (Å²) in [5.41, 5.74) is 2.84. The molecule has 172 valence electrons. The van der Waals surface area contributed by atoms with Crippen molar-refractivity contribution in [3.8, 4) is 5.75 Å². The van der Waals surface area contributed by atoms with E-state index >= 15 is 0 Å². The number of halogens is 3. The fraction of sp³-hybridized carbons (Fsp3) is 0.200. The number of carbonyl (C=O) groups excluding carboxylic acids is 2. The number of benzene rings is 3. The van der Waals surface area contributed by atoms with Gasteiger partial charge in [0.2, 0.25) is 5.91 Å². The number of hydrogen-bond acceptors (Lipinski definition) is 3. The molecule has 0 aromatic heterocycles. The van der Waals surface area contributed by atoms with Crippen LogP contribution in [-0.4, -0.2) is 16.9 Å². The number of carbonyl (C=O) groups is 2. The fourth-order valence-corrected chi connectivity index (χ4v) is 3.76.